The van der Waals surface area contributed by atoms with Crippen LogP contribution in [0.2, 0.25) is 0 Å². The third-order valence-electron chi connectivity index (χ3n) is 1.79. The van der Waals surface area contributed by atoms with Crippen LogP contribution in [0.5, 0.6) is 0 Å². The molecule has 0 atom stereocenters. The number of Topliss-reactive ketones (excluding diaryl/α,β-unsaturated/α-hetero) is 1. The summed E-state index contributed by atoms with van der Waals surface area (Å²) in [5.74, 6) is 0.467. The van der Waals surface area contributed by atoms with Crippen LogP contribution in [-0.2, 0) is 14.3 Å². The van der Waals surface area contributed by atoms with Crippen LogP contribution in [0.1, 0.15) is 26.7 Å². The van der Waals surface area contributed by atoms with Crippen LogP contribution in [0.3, 0.4) is 0 Å². The van der Waals surface area contributed by atoms with Gasteiger partial charge in [-0.1, -0.05) is 13.8 Å². The quantitative estimate of drug-likeness (QED) is 0.543. The zero-order chi connectivity index (χ0) is 10.1. The number of carbonyl (C=O) groups excluding carboxylic acids is 1. The van der Waals surface area contributed by atoms with Crippen LogP contribution >= 0.6 is 0 Å². The van der Waals surface area contributed by atoms with E-state index in [-0.39, 0.29) is 5.92 Å². The maximum Gasteiger partial charge on any atom is 0.135 e. The average molecular weight is 188 g/mol. The Kier molecular flexibility index (Phi) is 7.94. The highest BCUT2D eigenvalue weighted by Crippen LogP contribution is 2.01. The lowest BCUT2D eigenvalue weighted by atomic mass is 10.1. The fourth-order valence-electron chi connectivity index (χ4n) is 0.881. The predicted molar refractivity (Wildman–Crippen MR) is 51.8 cm³/mol. The summed E-state index contributed by atoms with van der Waals surface area (Å²) >= 11 is 0. The number of hydrogen-bond donors (Lipinski definition) is 0. The van der Waals surface area contributed by atoms with Gasteiger partial charge in [-0.05, 0) is 6.42 Å². The molecule has 0 spiro atoms. The first-order valence-corrected chi connectivity index (χ1v) is 4.78. The number of hydrogen-bond acceptors (Lipinski definition) is 3. The maximum absolute atomic E-state index is 11.2. The van der Waals surface area contributed by atoms with E-state index in [1.54, 1.807) is 7.11 Å². The Bertz CT molecular complexity index is 132. The van der Waals surface area contributed by atoms with Gasteiger partial charge in [-0.15, -0.1) is 0 Å². The van der Waals surface area contributed by atoms with Crippen molar-refractivity contribution in [2.75, 3.05) is 26.9 Å². The summed E-state index contributed by atoms with van der Waals surface area (Å²) in [6, 6.07) is 0. The highest BCUT2D eigenvalue weighted by molar-refractivity contribution is 5.80. The van der Waals surface area contributed by atoms with E-state index >= 15 is 0 Å². The van der Waals surface area contributed by atoms with Gasteiger partial charge in [-0.25, -0.2) is 0 Å². The van der Waals surface area contributed by atoms with Gasteiger partial charge in [0.25, 0.3) is 0 Å². The van der Waals surface area contributed by atoms with Crippen molar-refractivity contribution in [2.24, 2.45) is 5.92 Å². The molecule has 0 heterocycles. The minimum absolute atomic E-state index is 0.152. The van der Waals surface area contributed by atoms with Crippen molar-refractivity contribution in [1.29, 1.82) is 0 Å². The smallest absolute Gasteiger partial charge is 0.135 e. The molecule has 0 aromatic carbocycles. The van der Waals surface area contributed by atoms with E-state index in [1.807, 2.05) is 13.8 Å². The molecule has 0 amide bonds. The molecule has 0 radical (unpaired) electrons. The summed E-state index contributed by atoms with van der Waals surface area (Å²) in [4.78, 5) is 11.2. The molecule has 0 saturated heterocycles. The molecule has 0 aromatic rings. The van der Waals surface area contributed by atoms with Crippen molar-refractivity contribution in [3.05, 3.63) is 0 Å². The van der Waals surface area contributed by atoms with Crippen LogP contribution in [0.15, 0.2) is 0 Å². The molecule has 0 fully saturated rings. The second kappa shape index (κ2) is 8.20. The van der Waals surface area contributed by atoms with E-state index in [0.29, 0.717) is 32.0 Å². The van der Waals surface area contributed by atoms with Gasteiger partial charge in [0.2, 0.25) is 0 Å². The van der Waals surface area contributed by atoms with Crippen molar-refractivity contribution >= 4 is 5.78 Å². The molecule has 0 aliphatic heterocycles. The summed E-state index contributed by atoms with van der Waals surface area (Å²) in [5, 5.41) is 0. The Labute approximate surface area is 80.4 Å². The van der Waals surface area contributed by atoms with Gasteiger partial charge < -0.3 is 9.47 Å². The highest BCUT2D eigenvalue weighted by Gasteiger charge is 2.05. The summed E-state index contributed by atoms with van der Waals surface area (Å²) < 4.78 is 10.0. The second-order valence-corrected chi connectivity index (χ2v) is 3.33. The molecule has 3 nitrogen and oxygen atoms in total. The van der Waals surface area contributed by atoms with Gasteiger partial charge >= 0.3 is 0 Å². The molecule has 0 aliphatic carbocycles. The molecule has 0 unspecified atom stereocenters. The van der Waals surface area contributed by atoms with Gasteiger partial charge in [0.1, 0.15) is 5.78 Å². The molecule has 0 rings (SSSR count). The summed E-state index contributed by atoms with van der Waals surface area (Å²) in [7, 11) is 1.64. The Morgan fingerprint density at radius 1 is 1.23 bits per heavy atom. The van der Waals surface area contributed by atoms with Crippen LogP contribution in [0, 0.1) is 5.92 Å². The van der Waals surface area contributed by atoms with Gasteiger partial charge in [0, 0.05) is 26.1 Å². The van der Waals surface area contributed by atoms with E-state index in [2.05, 4.69) is 0 Å². The standard InChI is InChI=1S/C10H20O3/c1-9(2)10(11)5-4-6-13-8-7-12-3/h9H,4-8H2,1-3H3. The first-order chi connectivity index (χ1) is 6.18. The third-order valence-corrected chi connectivity index (χ3v) is 1.79. The summed E-state index contributed by atoms with van der Waals surface area (Å²) in [6.45, 7) is 5.74. The lowest BCUT2D eigenvalue weighted by Crippen LogP contribution is -2.09. The van der Waals surface area contributed by atoms with E-state index in [4.69, 9.17) is 9.47 Å². The summed E-state index contributed by atoms with van der Waals surface area (Å²) in [6.07, 6.45) is 1.45. The van der Waals surface area contributed by atoms with Crippen molar-refractivity contribution in [3.63, 3.8) is 0 Å². The topological polar surface area (TPSA) is 35.5 Å². The van der Waals surface area contributed by atoms with Crippen LogP contribution in [-0.4, -0.2) is 32.7 Å². The molecule has 13 heavy (non-hydrogen) atoms. The number of carbonyl (C=O) groups is 1. The van der Waals surface area contributed by atoms with Crippen LogP contribution < -0.4 is 0 Å². The zero-order valence-corrected chi connectivity index (χ0v) is 8.84. The van der Waals surface area contributed by atoms with Crippen LogP contribution in [0.25, 0.3) is 0 Å². The molecule has 0 aromatic heterocycles. The van der Waals surface area contributed by atoms with Crippen molar-refractivity contribution in [1.82, 2.24) is 0 Å². The maximum atomic E-state index is 11.2. The zero-order valence-electron chi connectivity index (χ0n) is 8.84. The first-order valence-electron chi connectivity index (χ1n) is 4.78. The lowest BCUT2D eigenvalue weighted by molar-refractivity contribution is -0.122. The molecule has 0 bridgehead atoms. The molecular weight excluding hydrogens is 168 g/mol. The number of rotatable bonds is 8. The molecule has 0 N–H and O–H groups in total. The van der Waals surface area contributed by atoms with E-state index in [1.165, 1.54) is 0 Å². The molecule has 0 saturated carbocycles. The van der Waals surface area contributed by atoms with E-state index < -0.39 is 0 Å². The molecule has 78 valence electrons. The average Bonchev–Trinajstić information content (AvgIpc) is 2.10. The van der Waals surface area contributed by atoms with Crippen molar-refractivity contribution in [2.45, 2.75) is 26.7 Å². The van der Waals surface area contributed by atoms with Crippen LogP contribution in [0.4, 0.5) is 0 Å². The van der Waals surface area contributed by atoms with Gasteiger partial charge in [-0.2, -0.15) is 0 Å². The summed E-state index contributed by atoms with van der Waals surface area (Å²) in [5.41, 5.74) is 0. The van der Waals surface area contributed by atoms with E-state index in [9.17, 15) is 4.79 Å². The molecule has 3 heteroatoms. The SMILES string of the molecule is COCCOCCCC(=O)C(C)C. The highest BCUT2D eigenvalue weighted by atomic mass is 16.5. The minimum atomic E-state index is 0.152. The van der Waals surface area contributed by atoms with Gasteiger partial charge in [0.05, 0.1) is 13.2 Å². The van der Waals surface area contributed by atoms with Crippen molar-refractivity contribution in [3.8, 4) is 0 Å². The second-order valence-electron chi connectivity index (χ2n) is 3.33. The van der Waals surface area contributed by atoms with E-state index in [0.717, 1.165) is 6.42 Å². The number of ketones is 1. The normalized spacial score (nSPS) is 10.8. The lowest BCUT2D eigenvalue weighted by Gasteiger charge is -2.04. The Morgan fingerprint density at radius 2 is 1.92 bits per heavy atom. The largest absolute Gasteiger partial charge is 0.382 e. The molecule has 0 aliphatic rings. The number of ether oxygens (including phenoxy) is 2. The monoisotopic (exact) mass is 188 g/mol. The van der Waals surface area contributed by atoms with Gasteiger partial charge in [-0.3, -0.25) is 4.79 Å². The third kappa shape index (κ3) is 7.94. The number of methoxy groups -OCH3 is 1. The first kappa shape index (κ1) is 12.6. The Morgan fingerprint density at radius 3 is 2.46 bits per heavy atom. The minimum Gasteiger partial charge on any atom is -0.382 e. The Balaban J connectivity index is 3.12. The van der Waals surface area contributed by atoms with Gasteiger partial charge in [0.15, 0.2) is 0 Å². The molecular formula is C10H20O3. The fraction of sp³-hybridized carbons (Fsp3) is 0.900. The predicted octanol–water partition coefficient (Wildman–Crippen LogP) is 1.65. The van der Waals surface area contributed by atoms with Crippen molar-refractivity contribution < 1.29 is 14.3 Å². The fourth-order valence-corrected chi connectivity index (χ4v) is 0.881. The Hall–Kier alpha value is -0.410.